The van der Waals surface area contributed by atoms with Crippen LogP contribution in [0, 0.1) is 6.92 Å². The number of hydrogen-bond acceptors (Lipinski definition) is 3. The number of aromatic nitrogens is 1. The Morgan fingerprint density at radius 3 is 2.67 bits per heavy atom. The van der Waals surface area contributed by atoms with Crippen molar-refractivity contribution in [1.82, 2.24) is 5.16 Å². The molecule has 0 aliphatic carbocycles. The van der Waals surface area contributed by atoms with Crippen molar-refractivity contribution >= 4 is 0 Å². The lowest BCUT2D eigenvalue weighted by Gasteiger charge is -1.96. The second kappa shape index (κ2) is 2.19. The van der Waals surface area contributed by atoms with Crippen LogP contribution in [-0.2, 0) is 0 Å². The summed E-state index contributed by atoms with van der Waals surface area (Å²) >= 11 is 0. The molecule has 0 amide bonds. The smallest absolute Gasteiger partial charge is 0.129 e. The fraction of sp³-hybridized carbons (Fsp3) is 0.500. The molecule has 1 aromatic heterocycles. The van der Waals surface area contributed by atoms with Gasteiger partial charge in [-0.25, -0.2) is 0 Å². The van der Waals surface area contributed by atoms with E-state index in [-0.39, 0.29) is 0 Å². The summed E-state index contributed by atoms with van der Waals surface area (Å²) in [7, 11) is 0. The van der Waals surface area contributed by atoms with Crippen molar-refractivity contribution in [2.45, 2.75) is 20.0 Å². The van der Waals surface area contributed by atoms with Crippen molar-refractivity contribution < 1.29 is 9.63 Å². The van der Waals surface area contributed by atoms with Crippen LogP contribution >= 0.6 is 0 Å². The summed E-state index contributed by atoms with van der Waals surface area (Å²) in [6, 6.07) is 0. The standard InChI is InChI=1S/C6H9NO2/c1-4-6(5(2)8)3-9-7-4/h3,5,8H,1-2H3/t5-/m1/s1. The molecular formula is C6H9NO2. The molecule has 0 aromatic carbocycles. The molecule has 3 heteroatoms. The third kappa shape index (κ3) is 1.10. The van der Waals surface area contributed by atoms with Crippen molar-refractivity contribution in [1.29, 1.82) is 0 Å². The Hall–Kier alpha value is -0.830. The topological polar surface area (TPSA) is 46.3 Å². The molecular weight excluding hydrogens is 118 g/mol. The molecule has 0 aliphatic heterocycles. The molecule has 1 rings (SSSR count). The number of aryl methyl sites for hydroxylation is 1. The lowest BCUT2D eigenvalue weighted by molar-refractivity contribution is 0.197. The third-order valence-corrected chi connectivity index (χ3v) is 1.24. The minimum Gasteiger partial charge on any atom is -0.389 e. The highest BCUT2D eigenvalue weighted by Gasteiger charge is 2.06. The second-order valence-electron chi connectivity index (χ2n) is 2.03. The van der Waals surface area contributed by atoms with E-state index in [2.05, 4.69) is 9.68 Å². The lowest BCUT2D eigenvalue weighted by atomic mass is 10.2. The summed E-state index contributed by atoms with van der Waals surface area (Å²) in [6.07, 6.45) is 0.983. The fourth-order valence-electron chi connectivity index (χ4n) is 0.701. The van der Waals surface area contributed by atoms with E-state index in [0.29, 0.717) is 0 Å². The first-order chi connectivity index (χ1) is 4.22. The molecule has 50 valence electrons. The molecule has 0 spiro atoms. The van der Waals surface area contributed by atoms with Crippen molar-refractivity contribution in [2.24, 2.45) is 0 Å². The maximum atomic E-state index is 8.99. The molecule has 0 fully saturated rings. The molecule has 0 unspecified atom stereocenters. The number of nitrogens with zero attached hydrogens (tertiary/aromatic N) is 1. The SMILES string of the molecule is Cc1nocc1[C@@H](C)O. The number of hydrogen-bond donors (Lipinski definition) is 1. The molecule has 0 saturated carbocycles. The minimum atomic E-state index is -0.476. The molecule has 0 bridgehead atoms. The minimum absolute atomic E-state index is 0.476. The third-order valence-electron chi connectivity index (χ3n) is 1.24. The molecule has 0 saturated heterocycles. The van der Waals surface area contributed by atoms with E-state index in [0.717, 1.165) is 11.3 Å². The number of aliphatic hydroxyl groups excluding tert-OH is 1. The molecule has 0 radical (unpaired) electrons. The Kier molecular flexibility index (Phi) is 1.53. The van der Waals surface area contributed by atoms with E-state index < -0.39 is 6.10 Å². The second-order valence-corrected chi connectivity index (χ2v) is 2.03. The molecule has 1 heterocycles. The van der Waals surface area contributed by atoms with Gasteiger partial charge in [-0.05, 0) is 13.8 Å². The summed E-state index contributed by atoms with van der Waals surface area (Å²) in [5.41, 5.74) is 1.51. The summed E-state index contributed by atoms with van der Waals surface area (Å²) < 4.78 is 4.60. The lowest BCUT2D eigenvalue weighted by Crippen LogP contribution is -1.90. The van der Waals surface area contributed by atoms with Gasteiger partial charge >= 0.3 is 0 Å². The van der Waals surface area contributed by atoms with Gasteiger partial charge in [0.05, 0.1) is 11.8 Å². The van der Waals surface area contributed by atoms with Crippen LogP contribution in [0.1, 0.15) is 24.3 Å². The first-order valence-electron chi connectivity index (χ1n) is 2.80. The normalized spacial score (nSPS) is 13.7. The summed E-state index contributed by atoms with van der Waals surface area (Å²) in [4.78, 5) is 0. The zero-order valence-electron chi connectivity index (χ0n) is 5.46. The van der Waals surface area contributed by atoms with Gasteiger partial charge in [-0.1, -0.05) is 5.16 Å². The van der Waals surface area contributed by atoms with Crippen molar-refractivity contribution in [3.8, 4) is 0 Å². The summed E-state index contributed by atoms with van der Waals surface area (Å²) in [5.74, 6) is 0. The molecule has 0 aliphatic rings. The maximum absolute atomic E-state index is 8.99. The van der Waals surface area contributed by atoms with Crippen LogP contribution in [0.25, 0.3) is 0 Å². The summed E-state index contributed by atoms with van der Waals surface area (Å²) in [6.45, 7) is 3.48. The van der Waals surface area contributed by atoms with E-state index in [1.807, 2.05) is 0 Å². The highest BCUT2D eigenvalue weighted by atomic mass is 16.5. The van der Waals surface area contributed by atoms with Crippen molar-refractivity contribution in [3.63, 3.8) is 0 Å². The summed E-state index contributed by atoms with van der Waals surface area (Å²) in [5, 5.41) is 12.6. The fourth-order valence-corrected chi connectivity index (χ4v) is 0.701. The average molecular weight is 127 g/mol. The zero-order chi connectivity index (χ0) is 6.85. The quantitative estimate of drug-likeness (QED) is 0.613. The van der Waals surface area contributed by atoms with Gasteiger partial charge in [0.25, 0.3) is 0 Å². The Balaban J connectivity index is 2.94. The molecule has 9 heavy (non-hydrogen) atoms. The Morgan fingerprint density at radius 1 is 1.78 bits per heavy atom. The first-order valence-corrected chi connectivity index (χ1v) is 2.80. The van der Waals surface area contributed by atoms with E-state index in [1.54, 1.807) is 13.8 Å². The Labute approximate surface area is 53.3 Å². The zero-order valence-corrected chi connectivity index (χ0v) is 5.46. The van der Waals surface area contributed by atoms with Crippen LogP contribution in [0.5, 0.6) is 0 Å². The van der Waals surface area contributed by atoms with Crippen LogP contribution in [0.15, 0.2) is 10.8 Å². The van der Waals surface area contributed by atoms with Crippen LogP contribution in [0.3, 0.4) is 0 Å². The maximum Gasteiger partial charge on any atom is 0.129 e. The Morgan fingerprint density at radius 2 is 2.44 bits per heavy atom. The van der Waals surface area contributed by atoms with Gasteiger partial charge in [0.15, 0.2) is 0 Å². The molecule has 1 atom stereocenters. The molecule has 1 aromatic rings. The highest BCUT2D eigenvalue weighted by molar-refractivity contribution is 5.14. The van der Waals surface area contributed by atoms with Gasteiger partial charge in [0.1, 0.15) is 6.26 Å². The van der Waals surface area contributed by atoms with E-state index >= 15 is 0 Å². The van der Waals surface area contributed by atoms with E-state index in [9.17, 15) is 0 Å². The van der Waals surface area contributed by atoms with Gasteiger partial charge in [-0.2, -0.15) is 0 Å². The molecule has 3 nitrogen and oxygen atoms in total. The van der Waals surface area contributed by atoms with Crippen molar-refractivity contribution in [3.05, 3.63) is 17.5 Å². The molecule has 1 N–H and O–H groups in total. The van der Waals surface area contributed by atoms with Crippen LogP contribution in [-0.4, -0.2) is 10.3 Å². The van der Waals surface area contributed by atoms with Gasteiger partial charge in [0, 0.05) is 5.56 Å². The van der Waals surface area contributed by atoms with E-state index in [4.69, 9.17) is 5.11 Å². The predicted octanol–water partition coefficient (Wildman–Crippen LogP) is 1.04. The van der Waals surface area contributed by atoms with Gasteiger partial charge in [0.2, 0.25) is 0 Å². The predicted molar refractivity (Wildman–Crippen MR) is 31.9 cm³/mol. The van der Waals surface area contributed by atoms with Gasteiger partial charge in [-0.3, -0.25) is 0 Å². The largest absolute Gasteiger partial charge is 0.389 e. The average Bonchev–Trinajstić information content (AvgIpc) is 2.13. The number of aliphatic hydroxyl groups is 1. The first kappa shape index (κ1) is 6.29. The van der Waals surface area contributed by atoms with Crippen molar-refractivity contribution in [2.75, 3.05) is 0 Å². The van der Waals surface area contributed by atoms with Gasteiger partial charge < -0.3 is 9.63 Å². The number of rotatable bonds is 1. The Bertz CT molecular complexity index is 193. The monoisotopic (exact) mass is 127 g/mol. The van der Waals surface area contributed by atoms with Crippen LogP contribution in [0.2, 0.25) is 0 Å². The van der Waals surface area contributed by atoms with Gasteiger partial charge in [-0.15, -0.1) is 0 Å². The van der Waals surface area contributed by atoms with E-state index in [1.165, 1.54) is 6.26 Å². The van der Waals surface area contributed by atoms with Crippen LogP contribution in [0.4, 0.5) is 0 Å². The van der Waals surface area contributed by atoms with Crippen LogP contribution < -0.4 is 0 Å². The highest BCUT2D eigenvalue weighted by Crippen LogP contribution is 2.14.